The van der Waals surface area contributed by atoms with Crippen LogP contribution in [0, 0.1) is 0 Å². The largest absolute Gasteiger partial charge is 0.400 e. The average Bonchev–Trinajstić information content (AvgIpc) is 1.50. The summed E-state index contributed by atoms with van der Waals surface area (Å²) in [6, 6.07) is 0. The van der Waals surface area contributed by atoms with Gasteiger partial charge in [0.15, 0.2) is 0 Å². The Kier molecular flexibility index (Phi) is 742. The second-order valence-corrected chi connectivity index (χ2v) is 0. The van der Waals surface area contributed by atoms with E-state index in [0.29, 0.717) is 0 Å². The number of aliphatic hydroxyl groups is 2. The molecule has 0 bridgehead atoms. The van der Waals surface area contributed by atoms with Gasteiger partial charge in [0.2, 0.25) is 0 Å². The third kappa shape index (κ3) is 107. The summed E-state index contributed by atoms with van der Waals surface area (Å²) < 4.78 is 0. The summed E-state index contributed by atoms with van der Waals surface area (Å²) >= 11 is 0. The predicted molar refractivity (Wildman–Crippen MR) is 22.0 cm³/mol. The van der Waals surface area contributed by atoms with E-state index in [9.17, 15) is 0 Å². The van der Waals surface area contributed by atoms with Crippen molar-refractivity contribution < 1.29 is 10.2 Å². The fourth-order valence-corrected chi connectivity index (χ4v) is 0. The molecule has 0 saturated heterocycles. The van der Waals surface area contributed by atoms with Crippen molar-refractivity contribution in [2.45, 2.75) is 0 Å². The van der Waals surface area contributed by atoms with Gasteiger partial charge in [-0.3, -0.25) is 0 Å². The van der Waals surface area contributed by atoms with E-state index in [-0.39, 0.29) is 18.9 Å². The van der Waals surface area contributed by atoms with Gasteiger partial charge in [-0.25, -0.2) is 0 Å². The van der Waals surface area contributed by atoms with E-state index in [1.165, 1.54) is 0 Å². The third-order valence-electron chi connectivity index (χ3n) is 0. The van der Waals surface area contributed by atoms with Crippen LogP contribution in [-0.4, -0.2) is 43.3 Å². The minimum Gasteiger partial charge on any atom is -0.400 e. The smallest absolute Gasteiger partial charge is 0.0319 e. The molecule has 0 amide bonds. The molecule has 5 heavy (non-hydrogen) atoms. The standard InChI is InChI=1S/2CH4O.Li/c2*1-2;/h2*2H,1H3;. The fraction of sp³-hybridized carbons (Fsp3) is 1.00. The van der Waals surface area contributed by atoms with Gasteiger partial charge in [0.1, 0.15) is 0 Å². The van der Waals surface area contributed by atoms with Gasteiger partial charge in [-0.2, -0.15) is 0 Å². The molecule has 0 aliphatic carbocycles. The molecular weight excluding hydrogens is 63.0 g/mol. The van der Waals surface area contributed by atoms with Gasteiger partial charge in [0.25, 0.3) is 0 Å². The quantitative estimate of drug-likeness (QED) is 0.353. The molecular formula is C2H8LiO2. The molecule has 0 spiro atoms. The predicted octanol–water partition coefficient (Wildman–Crippen LogP) is -1.16. The molecule has 3 heteroatoms. The molecule has 0 aromatic heterocycles. The Bertz CT molecular complexity index is 7.61. The van der Waals surface area contributed by atoms with Crippen molar-refractivity contribution in [3.05, 3.63) is 0 Å². The van der Waals surface area contributed by atoms with Gasteiger partial charge in [-0.05, 0) is 0 Å². The first-order chi connectivity index (χ1) is 2.00. The molecule has 0 aromatic rings. The Balaban J connectivity index is -0.0000000133. The van der Waals surface area contributed by atoms with Crippen molar-refractivity contribution in [1.82, 2.24) is 0 Å². The molecule has 0 rings (SSSR count). The molecule has 0 unspecified atom stereocenters. The molecule has 2 N–H and O–H groups in total. The molecule has 2 nitrogen and oxygen atoms in total. The minimum absolute atomic E-state index is 0. The first-order valence-electron chi connectivity index (χ1n) is 0.894. The van der Waals surface area contributed by atoms with Crippen LogP contribution in [0.25, 0.3) is 0 Å². The Morgan fingerprint density at radius 3 is 0.800 bits per heavy atom. The Hall–Kier alpha value is 0.517. The SMILES string of the molecule is CO.CO.[Li]. The van der Waals surface area contributed by atoms with Crippen molar-refractivity contribution in [1.29, 1.82) is 0 Å². The van der Waals surface area contributed by atoms with Crippen LogP contribution in [0.15, 0.2) is 0 Å². The van der Waals surface area contributed by atoms with Crippen molar-refractivity contribution >= 4 is 18.9 Å². The first kappa shape index (κ1) is 17.8. The maximum absolute atomic E-state index is 7.00. The molecule has 0 aliphatic rings. The van der Waals surface area contributed by atoms with E-state index in [1.807, 2.05) is 0 Å². The maximum atomic E-state index is 7.00. The Morgan fingerprint density at radius 1 is 0.800 bits per heavy atom. The van der Waals surface area contributed by atoms with E-state index in [4.69, 9.17) is 10.2 Å². The van der Waals surface area contributed by atoms with Crippen molar-refractivity contribution in [2.24, 2.45) is 0 Å². The van der Waals surface area contributed by atoms with E-state index in [2.05, 4.69) is 0 Å². The first-order valence-corrected chi connectivity index (χ1v) is 0.894. The minimum atomic E-state index is 0. The molecule has 0 aromatic carbocycles. The van der Waals surface area contributed by atoms with Crippen molar-refractivity contribution in [2.75, 3.05) is 14.2 Å². The summed E-state index contributed by atoms with van der Waals surface area (Å²) in [6.45, 7) is 0. The van der Waals surface area contributed by atoms with Gasteiger partial charge in [0, 0.05) is 33.1 Å². The second kappa shape index (κ2) is 209. The molecule has 29 valence electrons. The zero-order valence-corrected chi connectivity index (χ0v) is 3.89. The van der Waals surface area contributed by atoms with Crippen LogP contribution in [0.1, 0.15) is 0 Å². The zero-order valence-electron chi connectivity index (χ0n) is 3.89. The van der Waals surface area contributed by atoms with Gasteiger partial charge >= 0.3 is 0 Å². The molecule has 1 radical (unpaired) electrons. The van der Waals surface area contributed by atoms with E-state index >= 15 is 0 Å². The topological polar surface area (TPSA) is 40.5 Å². The van der Waals surface area contributed by atoms with Crippen molar-refractivity contribution in [3.8, 4) is 0 Å². The third-order valence-corrected chi connectivity index (χ3v) is 0. The Labute approximate surface area is 44.0 Å². The zero-order chi connectivity index (χ0) is 4.00. The number of aliphatic hydroxyl groups excluding tert-OH is 2. The average molecular weight is 71.0 g/mol. The molecule has 0 fully saturated rings. The molecule has 0 aliphatic heterocycles. The summed E-state index contributed by atoms with van der Waals surface area (Å²) in [5.41, 5.74) is 0. The van der Waals surface area contributed by atoms with Crippen LogP contribution in [0.5, 0.6) is 0 Å². The van der Waals surface area contributed by atoms with Gasteiger partial charge < -0.3 is 10.2 Å². The van der Waals surface area contributed by atoms with Gasteiger partial charge in [-0.1, -0.05) is 0 Å². The van der Waals surface area contributed by atoms with Crippen LogP contribution >= 0.6 is 0 Å². The van der Waals surface area contributed by atoms with Crippen LogP contribution in [0.2, 0.25) is 0 Å². The molecule has 0 atom stereocenters. The monoisotopic (exact) mass is 71.1 g/mol. The summed E-state index contributed by atoms with van der Waals surface area (Å²) in [5, 5.41) is 14.0. The second-order valence-electron chi connectivity index (χ2n) is 0. The normalized spacial score (nSPS) is 2.40. The maximum Gasteiger partial charge on any atom is 0.0319 e. The van der Waals surface area contributed by atoms with Gasteiger partial charge in [0.05, 0.1) is 0 Å². The van der Waals surface area contributed by atoms with Crippen LogP contribution in [0.3, 0.4) is 0 Å². The molecule has 0 heterocycles. The van der Waals surface area contributed by atoms with Gasteiger partial charge in [-0.15, -0.1) is 0 Å². The summed E-state index contributed by atoms with van der Waals surface area (Å²) in [5.74, 6) is 0. The molecule has 0 saturated carbocycles. The summed E-state index contributed by atoms with van der Waals surface area (Å²) in [4.78, 5) is 0. The Morgan fingerprint density at radius 2 is 0.800 bits per heavy atom. The van der Waals surface area contributed by atoms with Crippen molar-refractivity contribution in [3.63, 3.8) is 0 Å². The van der Waals surface area contributed by atoms with Crippen LogP contribution < -0.4 is 0 Å². The van der Waals surface area contributed by atoms with E-state index in [0.717, 1.165) is 14.2 Å². The number of rotatable bonds is 0. The summed E-state index contributed by atoms with van der Waals surface area (Å²) in [6.07, 6.45) is 0. The number of hydrogen-bond acceptors (Lipinski definition) is 2. The summed E-state index contributed by atoms with van der Waals surface area (Å²) in [7, 11) is 2.00. The fourth-order valence-electron chi connectivity index (χ4n) is 0. The van der Waals surface area contributed by atoms with Crippen LogP contribution in [0.4, 0.5) is 0 Å². The van der Waals surface area contributed by atoms with E-state index < -0.39 is 0 Å². The number of hydrogen-bond donors (Lipinski definition) is 2. The van der Waals surface area contributed by atoms with E-state index in [1.54, 1.807) is 0 Å². The van der Waals surface area contributed by atoms with Crippen LogP contribution in [-0.2, 0) is 0 Å².